The summed E-state index contributed by atoms with van der Waals surface area (Å²) in [7, 11) is 0. The molecule has 0 spiro atoms. The van der Waals surface area contributed by atoms with Gasteiger partial charge in [0.15, 0.2) is 0 Å². The van der Waals surface area contributed by atoms with Crippen LogP contribution >= 0.6 is 39.3 Å². The van der Waals surface area contributed by atoms with E-state index in [0.29, 0.717) is 16.4 Å². The van der Waals surface area contributed by atoms with E-state index in [1.807, 2.05) is 13.0 Å². The quantitative estimate of drug-likeness (QED) is 0.661. The molecular formula is C19H16BrClN2O3S. The van der Waals surface area contributed by atoms with Gasteiger partial charge in [0, 0.05) is 21.6 Å². The van der Waals surface area contributed by atoms with Crippen LogP contribution in [0.3, 0.4) is 0 Å². The highest BCUT2D eigenvalue weighted by Gasteiger charge is 2.40. The first-order chi connectivity index (χ1) is 12.8. The number of thioether (sulfide) groups is 1. The number of carbonyl (C=O) groups excluding carboxylic acids is 3. The summed E-state index contributed by atoms with van der Waals surface area (Å²) in [6.45, 7) is 1.88. The van der Waals surface area contributed by atoms with Crippen molar-refractivity contribution in [2.75, 3.05) is 16.0 Å². The Kier molecular flexibility index (Phi) is 6.24. The molecule has 1 heterocycles. The van der Waals surface area contributed by atoms with E-state index in [0.717, 1.165) is 10.0 Å². The summed E-state index contributed by atoms with van der Waals surface area (Å²) < 4.78 is 0.865. The molecule has 1 atom stereocenters. The van der Waals surface area contributed by atoms with Crippen LogP contribution < -0.4 is 10.2 Å². The zero-order valence-corrected chi connectivity index (χ0v) is 17.5. The molecule has 0 aromatic heterocycles. The molecular weight excluding hydrogens is 452 g/mol. The molecule has 27 heavy (non-hydrogen) atoms. The van der Waals surface area contributed by atoms with E-state index in [1.165, 1.54) is 16.7 Å². The lowest BCUT2D eigenvalue weighted by Gasteiger charge is -2.15. The molecule has 0 aliphatic carbocycles. The molecule has 1 saturated heterocycles. The molecule has 5 nitrogen and oxygen atoms in total. The van der Waals surface area contributed by atoms with Crippen LogP contribution in [0.2, 0.25) is 5.02 Å². The van der Waals surface area contributed by atoms with Crippen LogP contribution in [-0.4, -0.2) is 28.7 Å². The summed E-state index contributed by atoms with van der Waals surface area (Å²) in [5.74, 6) is -0.727. The van der Waals surface area contributed by atoms with Crippen molar-refractivity contribution in [3.8, 4) is 0 Å². The van der Waals surface area contributed by atoms with E-state index >= 15 is 0 Å². The fourth-order valence-corrected chi connectivity index (χ4v) is 4.02. The van der Waals surface area contributed by atoms with Crippen molar-refractivity contribution in [3.63, 3.8) is 0 Å². The zero-order valence-electron chi connectivity index (χ0n) is 14.4. The highest BCUT2D eigenvalue weighted by Crippen LogP contribution is 2.30. The van der Waals surface area contributed by atoms with Gasteiger partial charge in [0.05, 0.1) is 16.7 Å². The first-order valence-corrected chi connectivity index (χ1v) is 10.4. The van der Waals surface area contributed by atoms with Crippen LogP contribution in [0, 0.1) is 6.92 Å². The van der Waals surface area contributed by atoms with E-state index in [2.05, 4.69) is 21.2 Å². The fourth-order valence-electron chi connectivity index (χ4n) is 2.64. The van der Waals surface area contributed by atoms with Gasteiger partial charge in [-0.1, -0.05) is 33.6 Å². The smallest absolute Gasteiger partial charge is 0.247 e. The number of benzene rings is 2. The summed E-state index contributed by atoms with van der Waals surface area (Å²) in [6.07, 6.45) is 0.0865. The Labute approximate surface area is 174 Å². The van der Waals surface area contributed by atoms with Crippen LogP contribution in [-0.2, 0) is 14.4 Å². The Balaban J connectivity index is 1.58. The van der Waals surface area contributed by atoms with E-state index in [9.17, 15) is 14.4 Å². The monoisotopic (exact) mass is 466 g/mol. The lowest BCUT2D eigenvalue weighted by atomic mass is 10.2. The third-order valence-corrected chi connectivity index (χ3v) is 6.20. The topological polar surface area (TPSA) is 66.5 Å². The molecule has 2 aromatic carbocycles. The van der Waals surface area contributed by atoms with E-state index < -0.39 is 5.25 Å². The Morgan fingerprint density at radius 3 is 2.63 bits per heavy atom. The standard InChI is InChI=1S/C19H16BrClN2O3S/c1-11-2-5-13(8-15(11)21)22-17(24)10-27-16-9-18(25)23(19(16)26)14-6-3-12(20)4-7-14/h2-8,16H,9-10H2,1H3,(H,22,24)/t16-/m0/s1. The lowest BCUT2D eigenvalue weighted by molar-refractivity contribution is -0.121. The number of aryl methyl sites for hydroxylation is 1. The van der Waals surface area contributed by atoms with Gasteiger partial charge < -0.3 is 5.32 Å². The van der Waals surface area contributed by atoms with Crippen LogP contribution in [0.4, 0.5) is 11.4 Å². The minimum Gasteiger partial charge on any atom is -0.325 e. The number of rotatable bonds is 5. The average molecular weight is 468 g/mol. The average Bonchev–Trinajstić information content (AvgIpc) is 2.91. The van der Waals surface area contributed by atoms with Crippen LogP contribution in [0.5, 0.6) is 0 Å². The second kappa shape index (κ2) is 8.46. The van der Waals surface area contributed by atoms with Gasteiger partial charge in [0.1, 0.15) is 0 Å². The molecule has 0 unspecified atom stereocenters. The van der Waals surface area contributed by atoms with Crippen molar-refractivity contribution in [2.45, 2.75) is 18.6 Å². The second-order valence-electron chi connectivity index (χ2n) is 6.06. The Morgan fingerprint density at radius 1 is 1.26 bits per heavy atom. The van der Waals surface area contributed by atoms with E-state index in [4.69, 9.17) is 11.6 Å². The van der Waals surface area contributed by atoms with Crippen LogP contribution in [0.15, 0.2) is 46.9 Å². The maximum Gasteiger partial charge on any atom is 0.247 e. The normalized spacial score (nSPS) is 16.7. The summed E-state index contributed by atoms with van der Waals surface area (Å²) in [4.78, 5) is 38.2. The number of imide groups is 1. The molecule has 0 saturated carbocycles. The number of carbonyl (C=O) groups is 3. The van der Waals surface area contributed by atoms with Crippen molar-refractivity contribution >= 4 is 68.4 Å². The first-order valence-electron chi connectivity index (χ1n) is 8.15. The fraction of sp³-hybridized carbons (Fsp3) is 0.211. The van der Waals surface area contributed by atoms with Crippen molar-refractivity contribution in [1.82, 2.24) is 0 Å². The van der Waals surface area contributed by atoms with Crippen molar-refractivity contribution in [3.05, 3.63) is 57.5 Å². The van der Waals surface area contributed by atoms with E-state index in [-0.39, 0.29) is 29.9 Å². The van der Waals surface area contributed by atoms with Crippen LogP contribution in [0.25, 0.3) is 0 Å². The summed E-state index contributed by atoms with van der Waals surface area (Å²) >= 11 is 10.5. The predicted octanol–water partition coefficient (Wildman–Crippen LogP) is 4.41. The van der Waals surface area contributed by atoms with Crippen molar-refractivity contribution in [2.24, 2.45) is 0 Å². The molecule has 1 N–H and O–H groups in total. The van der Waals surface area contributed by atoms with Gasteiger partial charge in [-0.05, 0) is 48.9 Å². The number of halogens is 2. The molecule has 1 aliphatic rings. The van der Waals surface area contributed by atoms with Gasteiger partial charge >= 0.3 is 0 Å². The number of hydrogen-bond donors (Lipinski definition) is 1. The SMILES string of the molecule is Cc1ccc(NC(=O)CS[C@H]2CC(=O)N(c3ccc(Br)cc3)C2=O)cc1Cl. The minimum atomic E-state index is -0.562. The van der Waals surface area contributed by atoms with Crippen molar-refractivity contribution < 1.29 is 14.4 Å². The van der Waals surface area contributed by atoms with Crippen LogP contribution in [0.1, 0.15) is 12.0 Å². The number of nitrogens with zero attached hydrogens (tertiary/aromatic N) is 1. The predicted molar refractivity (Wildman–Crippen MR) is 112 cm³/mol. The Morgan fingerprint density at radius 2 is 1.96 bits per heavy atom. The maximum absolute atomic E-state index is 12.6. The molecule has 140 valence electrons. The largest absolute Gasteiger partial charge is 0.325 e. The molecule has 1 aliphatic heterocycles. The molecule has 0 radical (unpaired) electrons. The zero-order chi connectivity index (χ0) is 19.6. The van der Waals surface area contributed by atoms with Crippen molar-refractivity contribution in [1.29, 1.82) is 0 Å². The highest BCUT2D eigenvalue weighted by molar-refractivity contribution is 9.10. The van der Waals surface area contributed by atoms with E-state index in [1.54, 1.807) is 36.4 Å². The molecule has 8 heteroatoms. The maximum atomic E-state index is 12.6. The molecule has 3 rings (SSSR count). The molecule has 0 bridgehead atoms. The van der Waals surface area contributed by atoms with Gasteiger partial charge in [-0.2, -0.15) is 0 Å². The van der Waals surface area contributed by atoms with Gasteiger partial charge in [0.2, 0.25) is 17.7 Å². The highest BCUT2D eigenvalue weighted by atomic mass is 79.9. The first kappa shape index (κ1) is 19.9. The Bertz CT molecular complexity index is 904. The Hall–Kier alpha value is -1.83. The van der Waals surface area contributed by atoms with Gasteiger partial charge in [0.25, 0.3) is 0 Å². The minimum absolute atomic E-state index is 0.0728. The second-order valence-corrected chi connectivity index (χ2v) is 8.57. The van der Waals surface area contributed by atoms with Gasteiger partial charge in [-0.25, -0.2) is 4.90 Å². The third kappa shape index (κ3) is 4.72. The molecule has 3 amide bonds. The van der Waals surface area contributed by atoms with Gasteiger partial charge in [-0.15, -0.1) is 11.8 Å². The lowest BCUT2D eigenvalue weighted by Crippen LogP contribution is -2.31. The summed E-state index contributed by atoms with van der Waals surface area (Å²) in [6, 6.07) is 12.2. The van der Waals surface area contributed by atoms with Gasteiger partial charge in [-0.3, -0.25) is 14.4 Å². The number of amides is 3. The number of nitrogens with one attached hydrogen (secondary N) is 1. The summed E-state index contributed by atoms with van der Waals surface area (Å²) in [5, 5.41) is 2.76. The summed E-state index contributed by atoms with van der Waals surface area (Å²) in [5.41, 5.74) is 2.06. The molecule has 2 aromatic rings. The third-order valence-electron chi connectivity index (χ3n) is 4.06. The number of anilines is 2. The number of hydrogen-bond acceptors (Lipinski definition) is 4. The molecule has 1 fully saturated rings.